The van der Waals surface area contributed by atoms with Crippen molar-refractivity contribution in [2.75, 3.05) is 0 Å². The van der Waals surface area contributed by atoms with Crippen LogP contribution >= 0.6 is 0 Å². The average Bonchev–Trinajstić information content (AvgIpc) is 2.07. The average molecular weight is 163 g/mol. The van der Waals surface area contributed by atoms with Gasteiger partial charge in [-0.25, -0.2) is 0 Å². The maximum atomic E-state index is 4.38. The van der Waals surface area contributed by atoms with Gasteiger partial charge in [-0.3, -0.25) is 4.98 Å². The second-order valence-electron chi connectivity index (χ2n) is 3.27. The molecule has 0 radical (unpaired) electrons. The van der Waals surface area contributed by atoms with Crippen LogP contribution in [0.2, 0.25) is 0 Å². The number of aryl methyl sites for hydroxylation is 1. The molecule has 0 aromatic carbocycles. The minimum absolute atomic E-state index is 0.643. The van der Waals surface area contributed by atoms with Gasteiger partial charge in [-0.15, -0.1) is 0 Å². The number of aromatic nitrogens is 1. The fraction of sp³-hybridized carbons (Fsp3) is 0.545. The van der Waals surface area contributed by atoms with E-state index in [9.17, 15) is 0 Å². The minimum atomic E-state index is 0.643. The Balaban J connectivity index is 2.85. The maximum absolute atomic E-state index is 4.38. The second-order valence-corrected chi connectivity index (χ2v) is 3.27. The summed E-state index contributed by atoms with van der Waals surface area (Å²) >= 11 is 0. The molecule has 0 unspecified atom stereocenters. The van der Waals surface area contributed by atoms with Gasteiger partial charge in [0.15, 0.2) is 0 Å². The Hall–Kier alpha value is -0.850. The van der Waals surface area contributed by atoms with Crippen LogP contribution in [0.1, 0.15) is 43.9 Å². The van der Waals surface area contributed by atoms with E-state index < -0.39 is 0 Å². The highest BCUT2D eigenvalue weighted by molar-refractivity contribution is 5.17. The van der Waals surface area contributed by atoms with Crippen molar-refractivity contribution in [2.45, 2.75) is 39.5 Å². The third-order valence-corrected chi connectivity index (χ3v) is 2.34. The van der Waals surface area contributed by atoms with Gasteiger partial charge in [0.25, 0.3) is 0 Å². The van der Waals surface area contributed by atoms with Crippen LogP contribution in [0.25, 0.3) is 0 Å². The first-order chi connectivity index (χ1) is 5.77. The fourth-order valence-electron chi connectivity index (χ4n) is 1.49. The predicted octanol–water partition coefficient (Wildman–Crippen LogP) is 3.29. The first-order valence-electron chi connectivity index (χ1n) is 4.70. The molecule has 1 aromatic heterocycles. The lowest BCUT2D eigenvalue weighted by atomic mass is 9.98. The molecule has 1 heteroatoms. The zero-order valence-corrected chi connectivity index (χ0v) is 8.17. The summed E-state index contributed by atoms with van der Waals surface area (Å²) < 4.78 is 0. The number of nitrogens with zero attached hydrogens (tertiary/aromatic N) is 1. The van der Waals surface area contributed by atoms with Gasteiger partial charge < -0.3 is 0 Å². The zero-order chi connectivity index (χ0) is 8.97. The van der Waals surface area contributed by atoms with Crippen molar-refractivity contribution in [1.82, 2.24) is 4.98 Å². The molecule has 66 valence electrons. The Kier molecular flexibility index (Phi) is 3.27. The summed E-state index contributed by atoms with van der Waals surface area (Å²) in [6.07, 6.45) is 4.28. The van der Waals surface area contributed by atoms with Crippen LogP contribution in [-0.2, 0) is 0 Å². The van der Waals surface area contributed by atoms with Crippen molar-refractivity contribution in [3.05, 3.63) is 29.6 Å². The molecule has 0 N–H and O–H groups in total. The summed E-state index contributed by atoms with van der Waals surface area (Å²) in [6.45, 7) is 6.56. The topological polar surface area (TPSA) is 12.9 Å². The smallest absolute Gasteiger partial charge is 0.0436 e. The quantitative estimate of drug-likeness (QED) is 0.666. The highest BCUT2D eigenvalue weighted by Crippen LogP contribution is 2.20. The standard InChI is InChI=1S/C11H17N/c1-4-10(5-2)11-8-9(3)6-7-12-11/h6-8,10H,4-5H2,1-3H3. The van der Waals surface area contributed by atoms with Gasteiger partial charge in [-0.2, -0.15) is 0 Å². The van der Waals surface area contributed by atoms with Gasteiger partial charge in [-0.1, -0.05) is 13.8 Å². The Morgan fingerprint density at radius 1 is 1.33 bits per heavy atom. The Labute approximate surface area is 74.8 Å². The third kappa shape index (κ3) is 2.07. The predicted molar refractivity (Wildman–Crippen MR) is 52.3 cm³/mol. The van der Waals surface area contributed by atoms with Crippen molar-refractivity contribution in [3.8, 4) is 0 Å². The van der Waals surface area contributed by atoms with E-state index in [4.69, 9.17) is 0 Å². The Morgan fingerprint density at radius 2 is 2.00 bits per heavy atom. The molecule has 0 bridgehead atoms. The van der Waals surface area contributed by atoms with Gasteiger partial charge in [0, 0.05) is 17.8 Å². The number of hydrogen-bond donors (Lipinski definition) is 0. The van der Waals surface area contributed by atoms with E-state index in [2.05, 4.69) is 31.8 Å². The molecule has 0 aliphatic carbocycles. The monoisotopic (exact) mass is 163 g/mol. The van der Waals surface area contributed by atoms with Gasteiger partial charge in [0.1, 0.15) is 0 Å². The highest BCUT2D eigenvalue weighted by Gasteiger charge is 2.07. The molecule has 1 rings (SSSR count). The maximum Gasteiger partial charge on any atom is 0.0436 e. The van der Waals surface area contributed by atoms with E-state index in [1.807, 2.05) is 12.3 Å². The van der Waals surface area contributed by atoms with Crippen LogP contribution in [0, 0.1) is 6.92 Å². The fourth-order valence-corrected chi connectivity index (χ4v) is 1.49. The van der Waals surface area contributed by atoms with E-state index in [1.165, 1.54) is 24.1 Å². The van der Waals surface area contributed by atoms with Crippen molar-refractivity contribution >= 4 is 0 Å². The van der Waals surface area contributed by atoms with Crippen LogP contribution < -0.4 is 0 Å². The van der Waals surface area contributed by atoms with Crippen molar-refractivity contribution in [1.29, 1.82) is 0 Å². The SMILES string of the molecule is CCC(CC)c1cc(C)ccn1. The van der Waals surface area contributed by atoms with E-state index >= 15 is 0 Å². The molecular weight excluding hydrogens is 146 g/mol. The molecule has 0 spiro atoms. The summed E-state index contributed by atoms with van der Waals surface area (Å²) in [5.74, 6) is 0.643. The largest absolute Gasteiger partial charge is 0.261 e. The molecule has 1 aromatic rings. The van der Waals surface area contributed by atoms with Crippen molar-refractivity contribution in [2.24, 2.45) is 0 Å². The molecule has 0 fully saturated rings. The van der Waals surface area contributed by atoms with Crippen LogP contribution in [0.5, 0.6) is 0 Å². The molecule has 0 saturated carbocycles. The lowest BCUT2D eigenvalue weighted by Gasteiger charge is -2.11. The number of pyridine rings is 1. The molecule has 1 heterocycles. The van der Waals surface area contributed by atoms with Gasteiger partial charge in [-0.05, 0) is 37.5 Å². The van der Waals surface area contributed by atoms with Crippen LogP contribution in [-0.4, -0.2) is 4.98 Å². The number of hydrogen-bond acceptors (Lipinski definition) is 1. The van der Waals surface area contributed by atoms with Gasteiger partial charge in [0.2, 0.25) is 0 Å². The Morgan fingerprint density at radius 3 is 2.50 bits per heavy atom. The van der Waals surface area contributed by atoms with E-state index in [0.717, 1.165) is 0 Å². The van der Waals surface area contributed by atoms with E-state index in [1.54, 1.807) is 0 Å². The molecular formula is C11H17N. The third-order valence-electron chi connectivity index (χ3n) is 2.34. The first-order valence-corrected chi connectivity index (χ1v) is 4.70. The Bertz CT molecular complexity index is 239. The summed E-state index contributed by atoms with van der Waals surface area (Å²) in [5.41, 5.74) is 2.56. The highest BCUT2D eigenvalue weighted by atomic mass is 14.7. The normalized spacial score (nSPS) is 10.7. The first kappa shape index (κ1) is 9.24. The summed E-state index contributed by atoms with van der Waals surface area (Å²) in [5, 5.41) is 0. The second kappa shape index (κ2) is 4.24. The van der Waals surface area contributed by atoms with Crippen LogP contribution in [0.15, 0.2) is 18.3 Å². The lowest BCUT2D eigenvalue weighted by molar-refractivity contribution is 0.623. The molecule has 0 aliphatic heterocycles. The zero-order valence-electron chi connectivity index (χ0n) is 8.17. The van der Waals surface area contributed by atoms with E-state index in [-0.39, 0.29) is 0 Å². The van der Waals surface area contributed by atoms with Crippen molar-refractivity contribution in [3.63, 3.8) is 0 Å². The van der Waals surface area contributed by atoms with E-state index in [0.29, 0.717) is 5.92 Å². The molecule has 0 amide bonds. The lowest BCUT2D eigenvalue weighted by Crippen LogP contribution is -1.98. The molecule has 0 atom stereocenters. The van der Waals surface area contributed by atoms with Gasteiger partial charge in [0.05, 0.1) is 0 Å². The number of rotatable bonds is 3. The molecule has 12 heavy (non-hydrogen) atoms. The minimum Gasteiger partial charge on any atom is -0.261 e. The summed E-state index contributed by atoms with van der Waals surface area (Å²) in [6, 6.07) is 4.24. The summed E-state index contributed by atoms with van der Waals surface area (Å²) in [7, 11) is 0. The molecule has 0 saturated heterocycles. The van der Waals surface area contributed by atoms with Crippen molar-refractivity contribution < 1.29 is 0 Å². The van der Waals surface area contributed by atoms with Crippen LogP contribution in [0.4, 0.5) is 0 Å². The van der Waals surface area contributed by atoms with Crippen LogP contribution in [0.3, 0.4) is 0 Å². The molecule has 1 nitrogen and oxygen atoms in total. The van der Waals surface area contributed by atoms with Gasteiger partial charge >= 0.3 is 0 Å². The molecule has 0 aliphatic rings. The summed E-state index contributed by atoms with van der Waals surface area (Å²) in [4.78, 5) is 4.38.